The predicted molar refractivity (Wildman–Crippen MR) is 71.3 cm³/mol. The number of H-pyrrole nitrogens is 1. The SMILES string of the molecule is O=C(c1ccc(Cl)cn1)N1CCC[C@@H](c2nn[nH]n2)C1. The van der Waals surface area contributed by atoms with E-state index in [4.69, 9.17) is 11.6 Å². The number of aromatic amines is 1. The van der Waals surface area contributed by atoms with Crippen molar-refractivity contribution in [2.24, 2.45) is 0 Å². The van der Waals surface area contributed by atoms with E-state index in [1.54, 1.807) is 17.0 Å². The number of tetrazole rings is 1. The van der Waals surface area contributed by atoms with Gasteiger partial charge in [-0.1, -0.05) is 16.8 Å². The van der Waals surface area contributed by atoms with Gasteiger partial charge in [0.2, 0.25) is 0 Å². The van der Waals surface area contributed by atoms with Crippen molar-refractivity contribution < 1.29 is 4.79 Å². The van der Waals surface area contributed by atoms with Crippen molar-refractivity contribution in [1.29, 1.82) is 0 Å². The van der Waals surface area contributed by atoms with E-state index in [9.17, 15) is 4.79 Å². The number of likely N-dealkylation sites (tertiary alicyclic amines) is 1. The van der Waals surface area contributed by atoms with Crippen LogP contribution in [0.5, 0.6) is 0 Å². The Kier molecular flexibility index (Phi) is 3.60. The van der Waals surface area contributed by atoms with Crippen LogP contribution in [0.2, 0.25) is 5.02 Å². The smallest absolute Gasteiger partial charge is 0.272 e. The molecular formula is C12H13ClN6O. The summed E-state index contributed by atoms with van der Waals surface area (Å²) in [5.74, 6) is 0.695. The Morgan fingerprint density at radius 2 is 2.35 bits per heavy atom. The Morgan fingerprint density at radius 1 is 1.45 bits per heavy atom. The third kappa shape index (κ3) is 2.62. The van der Waals surface area contributed by atoms with Crippen LogP contribution in [0, 0.1) is 0 Å². The molecule has 3 heterocycles. The van der Waals surface area contributed by atoms with E-state index in [2.05, 4.69) is 25.6 Å². The molecule has 0 aromatic carbocycles. The van der Waals surface area contributed by atoms with Crippen molar-refractivity contribution in [3.05, 3.63) is 34.9 Å². The average Bonchev–Trinajstić information content (AvgIpc) is 3.02. The van der Waals surface area contributed by atoms with Gasteiger partial charge in [0.25, 0.3) is 5.91 Å². The van der Waals surface area contributed by atoms with E-state index in [0.29, 0.717) is 23.1 Å². The summed E-state index contributed by atoms with van der Waals surface area (Å²) in [6.45, 7) is 1.31. The number of hydrogen-bond acceptors (Lipinski definition) is 5. The van der Waals surface area contributed by atoms with Crippen LogP contribution in [-0.2, 0) is 0 Å². The van der Waals surface area contributed by atoms with Gasteiger partial charge in [0.1, 0.15) is 5.69 Å². The monoisotopic (exact) mass is 292 g/mol. The zero-order chi connectivity index (χ0) is 13.9. The van der Waals surface area contributed by atoms with Crippen molar-refractivity contribution in [2.75, 3.05) is 13.1 Å². The van der Waals surface area contributed by atoms with E-state index < -0.39 is 0 Å². The van der Waals surface area contributed by atoms with Gasteiger partial charge in [0.05, 0.1) is 5.02 Å². The van der Waals surface area contributed by atoms with E-state index in [-0.39, 0.29) is 11.8 Å². The summed E-state index contributed by atoms with van der Waals surface area (Å²) in [6, 6.07) is 3.31. The zero-order valence-corrected chi connectivity index (χ0v) is 11.4. The van der Waals surface area contributed by atoms with Gasteiger partial charge in [0.15, 0.2) is 5.82 Å². The number of nitrogens with one attached hydrogen (secondary N) is 1. The van der Waals surface area contributed by atoms with Gasteiger partial charge in [-0.05, 0) is 25.0 Å². The number of rotatable bonds is 2. The average molecular weight is 293 g/mol. The van der Waals surface area contributed by atoms with Crippen LogP contribution in [-0.4, -0.2) is 49.5 Å². The highest BCUT2D eigenvalue weighted by Gasteiger charge is 2.28. The standard InChI is InChI=1S/C12H13ClN6O/c13-9-3-4-10(14-6-9)12(20)19-5-1-2-8(7-19)11-15-17-18-16-11/h3-4,6,8H,1-2,5,7H2,(H,15,16,17,18)/t8-/m1/s1. The van der Waals surface area contributed by atoms with Gasteiger partial charge in [0, 0.05) is 25.2 Å². The van der Waals surface area contributed by atoms with Crippen LogP contribution >= 0.6 is 11.6 Å². The van der Waals surface area contributed by atoms with E-state index in [1.807, 2.05) is 0 Å². The molecule has 8 heteroatoms. The van der Waals surface area contributed by atoms with Gasteiger partial charge in [-0.25, -0.2) is 4.98 Å². The van der Waals surface area contributed by atoms with Crippen LogP contribution in [0.3, 0.4) is 0 Å². The number of piperidine rings is 1. The Morgan fingerprint density at radius 3 is 3.05 bits per heavy atom. The number of carbonyl (C=O) groups is 1. The number of pyridine rings is 1. The molecule has 1 N–H and O–H groups in total. The maximum Gasteiger partial charge on any atom is 0.272 e. The van der Waals surface area contributed by atoms with Gasteiger partial charge < -0.3 is 4.90 Å². The number of amides is 1. The molecule has 0 spiro atoms. The molecule has 1 saturated heterocycles. The predicted octanol–water partition coefficient (Wildman–Crippen LogP) is 1.27. The highest BCUT2D eigenvalue weighted by molar-refractivity contribution is 6.30. The summed E-state index contributed by atoms with van der Waals surface area (Å²) >= 11 is 5.78. The topological polar surface area (TPSA) is 87.7 Å². The number of aromatic nitrogens is 5. The lowest BCUT2D eigenvalue weighted by atomic mass is 9.97. The first kappa shape index (κ1) is 13.0. The third-order valence-corrected chi connectivity index (χ3v) is 3.61. The Balaban J connectivity index is 1.73. The van der Waals surface area contributed by atoms with Crippen molar-refractivity contribution in [2.45, 2.75) is 18.8 Å². The molecule has 0 bridgehead atoms. The summed E-state index contributed by atoms with van der Waals surface area (Å²) < 4.78 is 0. The van der Waals surface area contributed by atoms with Crippen LogP contribution in [0.1, 0.15) is 35.1 Å². The van der Waals surface area contributed by atoms with Crippen LogP contribution in [0.15, 0.2) is 18.3 Å². The van der Waals surface area contributed by atoms with Crippen LogP contribution in [0.25, 0.3) is 0 Å². The van der Waals surface area contributed by atoms with Gasteiger partial charge in [-0.3, -0.25) is 4.79 Å². The molecule has 3 rings (SSSR count). The highest BCUT2D eigenvalue weighted by atomic mass is 35.5. The van der Waals surface area contributed by atoms with Crippen molar-refractivity contribution in [3.63, 3.8) is 0 Å². The molecular weight excluding hydrogens is 280 g/mol. The molecule has 2 aromatic heterocycles. The maximum atomic E-state index is 12.4. The second-order valence-electron chi connectivity index (χ2n) is 4.72. The van der Waals surface area contributed by atoms with Gasteiger partial charge in [-0.2, -0.15) is 5.21 Å². The lowest BCUT2D eigenvalue weighted by Gasteiger charge is -2.31. The molecule has 1 amide bonds. The fraction of sp³-hybridized carbons (Fsp3) is 0.417. The molecule has 2 aromatic rings. The summed E-state index contributed by atoms with van der Waals surface area (Å²) in [7, 11) is 0. The van der Waals surface area contributed by atoms with Crippen molar-refractivity contribution in [3.8, 4) is 0 Å². The fourth-order valence-corrected chi connectivity index (χ4v) is 2.49. The molecule has 7 nitrogen and oxygen atoms in total. The number of carbonyl (C=O) groups excluding carboxylic acids is 1. The van der Waals surface area contributed by atoms with Gasteiger partial charge >= 0.3 is 0 Å². The van der Waals surface area contributed by atoms with Gasteiger partial charge in [-0.15, -0.1) is 10.2 Å². The first-order chi connectivity index (χ1) is 9.74. The third-order valence-electron chi connectivity index (χ3n) is 3.38. The Bertz CT molecular complexity index is 585. The molecule has 1 fully saturated rings. The Labute approximate surface area is 120 Å². The second-order valence-corrected chi connectivity index (χ2v) is 5.16. The maximum absolute atomic E-state index is 12.4. The fourth-order valence-electron chi connectivity index (χ4n) is 2.38. The molecule has 0 unspecified atom stereocenters. The largest absolute Gasteiger partial charge is 0.337 e. The lowest BCUT2D eigenvalue weighted by molar-refractivity contribution is 0.0698. The van der Waals surface area contributed by atoms with E-state index >= 15 is 0 Å². The first-order valence-electron chi connectivity index (χ1n) is 6.38. The van der Waals surface area contributed by atoms with E-state index in [1.165, 1.54) is 6.20 Å². The number of nitrogens with zero attached hydrogens (tertiary/aromatic N) is 5. The zero-order valence-electron chi connectivity index (χ0n) is 10.7. The molecule has 0 aliphatic carbocycles. The molecule has 1 aliphatic heterocycles. The number of halogens is 1. The highest BCUT2D eigenvalue weighted by Crippen LogP contribution is 2.24. The summed E-state index contributed by atoms with van der Waals surface area (Å²) in [5.41, 5.74) is 0.406. The number of hydrogen-bond donors (Lipinski definition) is 1. The summed E-state index contributed by atoms with van der Waals surface area (Å²) in [5, 5.41) is 14.5. The summed E-state index contributed by atoms with van der Waals surface area (Å²) in [6.07, 6.45) is 3.35. The second kappa shape index (κ2) is 5.54. The molecule has 20 heavy (non-hydrogen) atoms. The van der Waals surface area contributed by atoms with E-state index in [0.717, 1.165) is 19.4 Å². The lowest BCUT2D eigenvalue weighted by Crippen LogP contribution is -2.39. The molecule has 1 aliphatic rings. The Hall–Kier alpha value is -2.02. The minimum Gasteiger partial charge on any atom is -0.337 e. The van der Waals surface area contributed by atoms with Crippen LogP contribution in [0.4, 0.5) is 0 Å². The van der Waals surface area contributed by atoms with Crippen molar-refractivity contribution in [1.82, 2.24) is 30.5 Å². The quantitative estimate of drug-likeness (QED) is 0.900. The molecule has 104 valence electrons. The van der Waals surface area contributed by atoms with Crippen molar-refractivity contribution >= 4 is 17.5 Å². The first-order valence-corrected chi connectivity index (χ1v) is 6.76. The molecule has 0 saturated carbocycles. The minimum absolute atomic E-state index is 0.0881. The molecule has 1 atom stereocenters. The normalized spacial score (nSPS) is 19.1. The summed E-state index contributed by atoms with van der Waals surface area (Å²) in [4.78, 5) is 18.2. The van der Waals surface area contributed by atoms with Crippen LogP contribution < -0.4 is 0 Å². The minimum atomic E-state index is -0.0881. The molecule has 0 radical (unpaired) electrons.